The third kappa shape index (κ3) is 5.94. The lowest BCUT2D eigenvalue weighted by molar-refractivity contribution is -0.633. The standard InChI is InChI=1S/C58H47N6/c1-59-57(61(42-20-8-3-9-21-42)43-22-10-4-11-23-43)40-32-36-51-49(38-40)47-34-35-48-50-39-41(58-60(2)53-30-18-19-31-54(53)64(58)46-28-16-7-17-29-46)33-37-52(50)63(45-26-14-6-15-27-45)56(48)55(47)62(51)44-24-12-5-13-25-44/h3-10,12-22,24,26-39,44H,11,23,25H2,1-2H3/q+1. The minimum absolute atomic E-state index is 0.138. The van der Waals surface area contributed by atoms with E-state index in [1.165, 1.54) is 60.3 Å². The summed E-state index contributed by atoms with van der Waals surface area (Å²) < 4.78 is 9.85. The first-order chi connectivity index (χ1) is 31.7. The van der Waals surface area contributed by atoms with Crippen molar-refractivity contribution in [2.45, 2.75) is 25.3 Å². The highest BCUT2D eigenvalue weighted by Crippen LogP contribution is 2.44. The normalized spacial score (nSPS) is 15.3. The number of aryl methyl sites for hydroxylation is 1. The van der Waals surface area contributed by atoms with Crippen molar-refractivity contribution in [3.05, 3.63) is 218 Å². The van der Waals surface area contributed by atoms with Gasteiger partial charge in [0.05, 0.1) is 35.2 Å². The van der Waals surface area contributed by atoms with E-state index in [-0.39, 0.29) is 6.04 Å². The Morgan fingerprint density at radius 3 is 2.02 bits per heavy atom. The maximum Gasteiger partial charge on any atom is 0.294 e. The van der Waals surface area contributed by atoms with E-state index < -0.39 is 0 Å². The number of allylic oxidation sites excluding steroid dienone is 8. The van der Waals surface area contributed by atoms with Gasteiger partial charge in [-0.2, -0.15) is 4.57 Å². The van der Waals surface area contributed by atoms with Crippen LogP contribution in [-0.4, -0.2) is 26.6 Å². The molecule has 3 heterocycles. The predicted octanol–water partition coefficient (Wildman–Crippen LogP) is 13.5. The number of amidine groups is 1. The molecule has 6 nitrogen and oxygen atoms in total. The number of benzene rings is 7. The zero-order chi connectivity index (χ0) is 42.7. The molecule has 64 heavy (non-hydrogen) atoms. The highest BCUT2D eigenvalue weighted by atomic mass is 15.2. The van der Waals surface area contributed by atoms with Gasteiger partial charge in [0.2, 0.25) is 0 Å². The molecule has 0 fully saturated rings. The molecule has 10 aromatic rings. The molecule has 3 aromatic heterocycles. The van der Waals surface area contributed by atoms with E-state index in [0.717, 1.165) is 59.1 Å². The topological polar surface area (TPSA) is 34.3 Å². The molecular weight excluding hydrogens is 781 g/mol. The fraction of sp³-hybridized carbons (Fsp3) is 0.103. The summed E-state index contributed by atoms with van der Waals surface area (Å²) in [5.74, 6) is 2.07. The van der Waals surface area contributed by atoms with Gasteiger partial charge in [-0.25, -0.2) is 4.57 Å². The van der Waals surface area contributed by atoms with Gasteiger partial charge in [-0.15, -0.1) is 0 Å². The Balaban J connectivity index is 1.14. The summed E-state index contributed by atoms with van der Waals surface area (Å²) in [5.41, 5.74) is 14.0. The molecule has 2 aliphatic carbocycles. The predicted molar refractivity (Wildman–Crippen MR) is 267 cm³/mol. The van der Waals surface area contributed by atoms with Crippen LogP contribution in [0.5, 0.6) is 0 Å². The summed E-state index contributed by atoms with van der Waals surface area (Å²) >= 11 is 0. The molecule has 308 valence electrons. The quantitative estimate of drug-likeness (QED) is 0.0895. The number of rotatable bonds is 7. The van der Waals surface area contributed by atoms with Gasteiger partial charge < -0.3 is 9.13 Å². The molecule has 6 heteroatoms. The van der Waals surface area contributed by atoms with Crippen molar-refractivity contribution in [3.63, 3.8) is 0 Å². The van der Waals surface area contributed by atoms with Crippen LogP contribution in [0.4, 0.5) is 5.69 Å². The number of para-hydroxylation sites is 5. The maximum atomic E-state index is 5.05. The summed E-state index contributed by atoms with van der Waals surface area (Å²) in [6.45, 7) is 0. The number of hydrogen-bond acceptors (Lipinski definition) is 1. The Morgan fingerprint density at radius 2 is 1.30 bits per heavy atom. The molecule has 0 bridgehead atoms. The third-order valence-electron chi connectivity index (χ3n) is 13.3. The van der Waals surface area contributed by atoms with Crippen LogP contribution in [0.1, 0.15) is 30.9 Å². The lowest BCUT2D eigenvalue weighted by atomic mass is 10.0. The van der Waals surface area contributed by atoms with Crippen molar-refractivity contribution < 1.29 is 4.57 Å². The van der Waals surface area contributed by atoms with Crippen molar-refractivity contribution in [1.82, 2.24) is 13.7 Å². The maximum absolute atomic E-state index is 5.05. The van der Waals surface area contributed by atoms with Gasteiger partial charge in [0, 0.05) is 56.7 Å². The number of anilines is 1. The molecule has 1 atom stereocenters. The van der Waals surface area contributed by atoms with Gasteiger partial charge in [0.1, 0.15) is 11.5 Å². The lowest BCUT2D eigenvalue weighted by Crippen LogP contribution is -2.31. The van der Waals surface area contributed by atoms with Crippen LogP contribution in [0.15, 0.2) is 217 Å². The summed E-state index contributed by atoms with van der Waals surface area (Å²) in [6.07, 6.45) is 18.6. The van der Waals surface area contributed by atoms with Gasteiger partial charge in [0.25, 0.3) is 5.82 Å². The largest absolute Gasteiger partial charge is 0.331 e. The second-order valence-corrected chi connectivity index (χ2v) is 16.9. The van der Waals surface area contributed by atoms with E-state index in [4.69, 9.17) is 4.99 Å². The second kappa shape index (κ2) is 15.4. The molecule has 7 aromatic carbocycles. The molecule has 0 saturated carbocycles. The van der Waals surface area contributed by atoms with Crippen molar-refractivity contribution in [3.8, 4) is 22.8 Å². The van der Waals surface area contributed by atoms with Crippen LogP contribution in [0.25, 0.3) is 77.4 Å². The number of fused-ring (bicyclic) bond motifs is 8. The zero-order valence-corrected chi connectivity index (χ0v) is 36.0. The second-order valence-electron chi connectivity index (χ2n) is 16.9. The summed E-state index contributed by atoms with van der Waals surface area (Å²) in [7, 11) is 4.11. The SMILES string of the molecule is CN=C(c1ccc2c(c1)c1ccc3c4cc(-c5n(-c6ccccc6)c6ccccc6[n+]5C)ccc4n(-c4ccccc4)c3c1n2C1C=CC=CC1)N(C1=CC=CCC1)c1ccccc1. The Bertz CT molecular complexity index is 3600. The molecule has 0 aliphatic heterocycles. The van der Waals surface area contributed by atoms with Crippen molar-refractivity contribution in [1.29, 1.82) is 0 Å². The number of imidazole rings is 1. The van der Waals surface area contributed by atoms with Crippen LogP contribution in [0, 0.1) is 0 Å². The average molecular weight is 828 g/mol. The fourth-order valence-electron chi connectivity index (χ4n) is 10.5. The number of hydrogen-bond donors (Lipinski definition) is 0. The Kier molecular flexibility index (Phi) is 9.11. The van der Waals surface area contributed by atoms with Gasteiger partial charge in [0.15, 0.2) is 11.0 Å². The molecule has 2 aliphatic rings. The first-order valence-electron chi connectivity index (χ1n) is 22.3. The van der Waals surface area contributed by atoms with Crippen molar-refractivity contribution >= 4 is 66.2 Å². The van der Waals surface area contributed by atoms with Gasteiger partial charge >= 0.3 is 0 Å². The molecule has 1 unspecified atom stereocenters. The van der Waals surface area contributed by atoms with Crippen LogP contribution in [-0.2, 0) is 7.05 Å². The van der Waals surface area contributed by atoms with Crippen molar-refractivity contribution in [2.24, 2.45) is 12.0 Å². The van der Waals surface area contributed by atoms with E-state index in [0.29, 0.717) is 0 Å². The third-order valence-corrected chi connectivity index (χ3v) is 13.3. The smallest absolute Gasteiger partial charge is 0.294 e. The Labute approximate surface area is 372 Å². The molecule has 0 saturated heterocycles. The van der Waals surface area contributed by atoms with E-state index >= 15 is 0 Å². The molecule has 0 radical (unpaired) electrons. The van der Waals surface area contributed by atoms with E-state index in [9.17, 15) is 0 Å². The molecule has 12 rings (SSSR count). The van der Waals surface area contributed by atoms with E-state index in [1.54, 1.807) is 0 Å². The van der Waals surface area contributed by atoms with E-state index in [1.807, 2.05) is 7.05 Å². The Hall–Kier alpha value is -7.96. The lowest BCUT2D eigenvalue weighted by Gasteiger charge is -2.30. The molecule has 0 spiro atoms. The molecule has 0 amide bonds. The van der Waals surface area contributed by atoms with Crippen LogP contribution < -0.4 is 9.47 Å². The zero-order valence-electron chi connectivity index (χ0n) is 36.0. The number of aliphatic imine (C=N–C) groups is 1. The average Bonchev–Trinajstić information content (AvgIpc) is 3.99. The summed E-state index contributed by atoms with van der Waals surface area (Å²) in [4.78, 5) is 7.39. The van der Waals surface area contributed by atoms with Crippen LogP contribution in [0.2, 0.25) is 0 Å². The summed E-state index contributed by atoms with van der Waals surface area (Å²) in [5, 5.41) is 4.88. The Morgan fingerprint density at radius 1 is 0.609 bits per heavy atom. The van der Waals surface area contributed by atoms with Gasteiger partial charge in [-0.3, -0.25) is 9.89 Å². The minimum Gasteiger partial charge on any atom is -0.331 e. The number of aromatic nitrogens is 4. The molecule has 0 N–H and O–H groups in total. The minimum atomic E-state index is 0.138. The first kappa shape index (κ1) is 37.8. The van der Waals surface area contributed by atoms with Gasteiger partial charge in [-0.1, -0.05) is 115 Å². The van der Waals surface area contributed by atoms with Crippen LogP contribution in [0.3, 0.4) is 0 Å². The first-order valence-corrected chi connectivity index (χ1v) is 22.3. The van der Waals surface area contributed by atoms with Gasteiger partial charge in [-0.05, 0) is 110 Å². The van der Waals surface area contributed by atoms with E-state index in [2.05, 4.69) is 237 Å². The fourth-order valence-corrected chi connectivity index (χ4v) is 10.5. The van der Waals surface area contributed by atoms with Crippen LogP contribution >= 0.6 is 0 Å². The van der Waals surface area contributed by atoms with Crippen molar-refractivity contribution in [2.75, 3.05) is 11.9 Å². The highest BCUT2D eigenvalue weighted by molar-refractivity contribution is 6.24. The monoisotopic (exact) mass is 827 g/mol. The summed E-state index contributed by atoms with van der Waals surface area (Å²) in [6, 6.07) is 59.9. The number of nitrogens with zero attached hydrogens (tertiary/aromatic N) is 6. The highest BCUT2D eigenvalue weighted by Gasteiger charge is 2.29. The molecular formula is C58H47N6+.